The molecule has 0 aromatic carbocycles. The number of nitrogens with two attached hydrogens (primary N) is 1. The van der Waals surface area contributed by atoms with Gasteiger partial charge in [0.25, 0.3) is 0 Å². The molecular formula is C10H13BrN4OS. The zero-order chi connectivity index (χ0) is 12.3. The molecule has 0 amide bonds. The van der Waals surface area contributed by atoms with Gasteiger partial charge in [-0.3, -0.25) is 0 Å². The molecule has 92 valence electrons. The van der Waals surface area contributed by atoms with Crippen molar-refractivity contribution < 1.29 is 4.42 Å². The number of anilines is 1. The van der Waals surface area contributed by atoms with Gasteiger partial charge in [-0.1, -0.05) is 5.10 Å². The van der Waals surface area contributed by atoms with Crippen LogP contribution in [0.4, 0.5) is 6.01 Å². The number of aromatic nitrogens is 2. The summed E-state index contributed by atoms with van der Waals surface area (Å²) in [5.41, 5.74) is 5.43. The molecule has 5 nitrogen and oxygen atoms in total. The van der Waals surface area contributed by atoms with Crippen molar-refractivity contribution in [3.8, 4) is 0 Å². The van der Waals surface area contributed by atoms with Crippen LogP contribution in [0.3, 0.4) is 0 Å². The van der Waals surface area contributed by atoms with Gasteiger partial charge in [-0.25, -0.2) is 0 Å². The molecule has 7 heteroatoms. The molecule has 0 atom stereocenters. The van der Waals surface area contributed by atoms with Crippen molar-refractivity contribution >= 4 is 33.3 Å². The minimum absolute atomic E-state index is 0.517. The van der Waals surface area contributed by atoms with Gasteiger partial charge in [0.1, 0.15) is 0 Å². The summed E-state index contributed by atoms with van der Waals surface area (Å²) in [6, 6.07) is 2.61. The summed E-state index contributed by atoms with van der Waals surface area (Å²) in [5, 5.41) is 9.97. The van der Waals surface area contributed by atoms with Crippen molar-refractivity contribution in [2.45, 2.75) is 13.0 Å². The fourth-order valence-electron chi connectivity index (χ4n) is 1.36. The van der Waals surface area contributed by atoms with E-state index >= 15 is 0 Å². The molecule has 2 aromatic heterocycles. The molecule has 0 saturated carbocycles. The van der Waals surface area contributed by atoms with Gasteiger partial charge < -0.3 is 15.1 Å². The van der Waals surface area contributed by atoms with E-state index in [9.17, 15) is 0 Å². The fraction of sp³-hybridized carbons (Fsp3) is 0.400. The monoisotopic (exact) mass is 316 g/mol. The highest BCUT2D eigenvalue weighted by molar-refractivity contribution is 9.10. The minimum Gasteiger partial charge on any atom is -0.408 e. The first kappa shape index (κ1) is 12.5. The summed E-state index contributed by atoms with van der Waals surface area (Å²) < 4.78 is 6.58. The number of rotatable bonds is 5. The first-order chi connectivity index (χ1) is 8.19. The second-order valence-corrected chi connectivity index (χ2v) is 5.52. The van der Waals surface area contributed by atoms with Crippen molar-refractivity contribution in [2.24, 2.45) is 5.73 Å². The predicted octanol–water partition coefficient (Wildman–Crippen LogP) is 2.03. The molecular weight excluding hydrogens is 304 g/mol. The zero-order valence-corrected chi connectivity index (χ0v) is 11.8. The largest absolute Gasteiger partial charge is 0.408 e. The van der Waals surface area contributed by atoms with Gasteiger partial charge in [0.15, 0.2) is 0 Å². The Labute approximate surface area is 112 Å². The molecule has 2 rings (SSSR count). The van der Waals surface area contributed by atoms with Crippen LogP contribution in [0.15, 0.2) is 20.3 Å². The van der Waals surface area contributed by atoms with Crippen LogP contribution in [-0.2, 0) is 13.0 Å². The van der Waals surface area contributed by atoms with E-state index in [-0.39, 0.29) is 0 Å². The van der Waals surface area contributed by atoms with Crippen LogP contribution in [-0.4, -0.2) is 23.8 Å². The lowest BCUT2D eigenvalue weighted by Crippen LogP contribution is -2.15. The van der Waals surface area contributed by atoms with E-state index < -0.39 is 0 Å². The number of hydrogen-bond acceptors (Lipinski definition) is 6. The zero-order valence-electron chi connectivity index (χ0n) is 9.39. The lowest BCUT2D eigenvalue weighted by molar-refractivity contribution is 0.490. The Morgan fingerprint density at radius 1 is 1.53 bits per heavy atom. The van der Waals surface area contributed by atoms with E-state index in [1.807, 2.05) is 11.9 Å². The minimum atomic E-state index is 0.517. The third-order valence-corrected chi connectivity index (χ3v) is 3.84. The van der Waals surface area contributed by atoms with Crippen molar-refractivity contribution in [1.82, 2.24) is 10.2 Å². The molecule has 2 N–H and O–H groups in total. The van der Waals surface area contributed by atoms with Crippen LogP contribution in [0.5, 0.6) is 0 Å². The molecule has 0 fully saturated rings. The van der Waals surface area contributed by atoms with Crippen LogP contribution < -0.4 is 10.6 Å². The van der Waals surface area contributed by atoms with Gasteiger partial charge in [0.05, 0.1) is 6.54 Å². The third kappa shape index (κ3) is 3.27. The van der Waals surface area contributed by atoms with Gasteiger partial charge in [-0.15, -0.1) is 16.4 Å². The smallest absolute Gasteiger partial charge is 0.318 e. The SMILES string of the molecule is CN(Cc1cc(Br)cs1)c1nnc(CCN)o1. The maximum atomic E-state index is 5.48. The molecule has 0 spiro atoms. The first-order valence-corrected chi connectivity index (χ1v) is 6.83. The van der Waals surface area contributed by atoms with E-state index in [1.54, 1.807) is 11.3 Å². The average molecular weight is 317 g/mol. The lowest BCUT2D eigenvalue weighted by atomic mass is 10.4. The van der Waals surface area contributed by atoms with Crippen LogP contribution in [0.2, 0.25) is 0 Å². The van der Waals surface area contributed by atoms with Crippen molar-refractivity contribution in [1.29, 1.82) is 0 Å². The van der Waals surface area contributed by atoms with E-state index in [0.29, 0.717) is 24.9 Å². The predicted molar refractivity (Wildman–Crippen MR) is 71.2 cm³/mol. The van der Waals surface area contributed by atoms with Crippen molar-refractivity contribution in [3.05, 3.63) is 26.7 Å². The van der Waals surface area contributed by atoms with E-state index in [2.05, 4.69) is 37.6 Å². The Balaban J connectivity index is 2.01. The van der Waals surface area contributed by atoms with Crippen molar-refractivity contribution in [2.75, 3.05) is 18.5 Å². The summed E-state index contributed by atoms with van der Waals surface area (Å²) in [7, 11) is 1.92. The number of halogens is 1. The maximum absolute atomic E-state index is 5.48. The number of thiophene rings is 1. The number of nitrogens with zero attached hydrogens (tertiary/aromatic N) is 3. The molecule has 0 aliphatic heterocycles. The second kappa shape index (κ2) is 5.61. The Hall–Kier alpha value is -0.920. The molecule has 0 unspecified atom stereocenters. The lowest BCUT2D eigenvalue weighted by Gasteiger charge is -2.11. The highest BCUT2D eigenvalue weighted by Crippen LogP contribution is 2.22. The van der Waals surface area contributed by atoms with Gasteiger partial charge in [0.2, 0.25) is 5.89 Å². The van der Waals surface area contributed by atoms with Gasteiger partial charge in [0, 0.05) is 34.7 Å². The van der Waals surface area contributed by atoms with E-state index in [4.69, 9.17) is 10.2 Å². The molecule has 2 heterocycles. The fourth-order valence-corrected chi connectivity index (χ4v) is 2.87. The molecule has 0 radical (unpaired) electrons. The highest BCUT2D eigenvalue weighted by Gasteiger charge is 2.11. The normalized spacial score (nSPS) is 10.8. The summed E-state index contributed by atoms with van der Waals surface area (Å²) in [4.78, 5) is 3.16. The molecule has 0 bridgehead atoms. The second-order valence-electron chi connectivity index (χ2n) is 3.60. The number of hydrogen-bond donors (Lipinski definition) is 1. The van der Waals surface area contributed by atoms with Crippen molar-refractivity contribution in [3.63, 3.8) is 0 Å². The highest BCUT2D eigenvalue weighted by atomic mass is 79.9. The Kier molecular flexibility index (Phi) is 4.14. The van der Waals surface area contributed by atoms with E-state index in [1.165, 1.54) is 4.88 Å². The molecule has 0 saturated heterocycles. The van der Waals surface area contributed by atoms with Gasteiger partial charge in [-0.2, -0.15) is 0 Å². The molecule has 17 heavy (non-hydrogen) atoms. The maximum Gasteiger partial charge on any atom is 0.318 e. The quantitative estimate of drug-likeness (QED) is 0.914. The third-order valence-electron chi connectivity index (χ3n) is 2.16. The van der Waals surface area contributed by atoms with Crippen LogP contribution in [0, 0.1) is 0 Å². The van der Waals surface area contributed by atoms with E-state index in [0.717, 1.165) is 11.0 Å². The van der Waals surface area contributed by atoms with Gasteiger partial charge in [-0.05, 0) is 22.0 Å². The topological polar surface area (TPSA) is 68.2 Å². The summed E-state index contributed by atoms with van der Waals surface area (Å²) in [5.74, 6) is 0.585. The Morgan fingerprint density at radius 2 is 2.35 bits per heavy atom. The summed E-state index contributed by atoms with van der Waals surface area (Å²) >= 11 is 5.12. The average Bonchev–Trinajstić information content (AvgIpc) is 2.88. The van der Waals surface area contributed by atoms with Crippen LogP contribution in [0.1, 0.15) is 10.8 Å². The van der Waals surface area contributed by atoms with Crippen LogP contribution in [0.25, 0.3) is 0 Å². The summed E-state index contributed by atoms with van der Waals surface area (Å²) in [6.45, 7) is 1.27. The Morgan fingerprint density at radius 3 is 3.00 bits per heavy atom. The first-order valence-electron chi connectivity index (χ1n) is 5.15. The standard InChI is InChI=1S/C10H13BrN4OS/c1-15(5-8-4-7(11)6-17-8)10-14-13-9(16-10)2-3-12/h4,6H,2-3,5,12H2,1H3. The van der Waals surface area contributed by atoms with Gasteiger partial charge >= 0.3 is 6.01 Å². The molecule has 0 aliphatic rings. The Bertz CT molecular complexity index is 484. The molecule has 2 aromatic rings. The molecule has 0 aliphatic carbocycles. The summed E-state index contributed by atoms with van der Waals surface area (Å²) in [6.07, 6.45) is 0.616. The van der Waals surface area contributed by atoms with Crippen LogP contribution >= 0.6 is 27.3 Å².